The Morgan fingerprint density at radius 3 is 1.43 bits per heavy atom. The molecule has 0 aromatic rings. The molecule has 0 N–H and O–H groups in total. The van der Waals surface area contributed by atoms with Crippen molar-refractivity contribution in [1.29, 1.82) is 0 Å². The van der Waals surface area contributed by atoms with E-state index in [4.69, 9.17) is 20.5 Å². The van der Waals surface area contributed by atoms with Crippen LogP contribution in [0.1, 0.15) is 13.8 Å². The Hall–Kier alpha value is 0.280. The van der Waals surface area contributed by atoms with Crippen LogP contribution < -0.4 is 0 Å². The molecule has 0 aromatic heterocycles. The quantitative estimate of drug-likeness (QED) is 0.679. The van der Waals surface area contributed by atoms with Crippen molar-refractivity contribution in [3.8, 4) is 0 Å². The molecule has 2 aliphatic rings. The number of halogens is 1. The molecule has 0 bridgehead atoms. The average molecular weight is 341 g/mol. The first kappa shape index (κ1) is 17.6. The third-order valence-corrected chi connectivity index (χ3v) is 5.21. The molecule has 2 rings (SSSR count). The van der Waals surface area contributed by atoms with E-state index in [0.717, 1.165) is 39.3 Å². The van der Waals surface area contributed by atoms with Gasteiger partial charge in [0.25, 0.3) is 0 Å². The minimum Gasteiger partial charge on any atom is -0.301 e. The van der Waals surface area contributed by atoms with Crippen LogP contribution >= 0.6 is 18.2 Å². The zero-order valence-electron chi connectivity index (χ0n) is 12.9. The van der Waals surface area contributed by atoms with Crippen LogP contribution in [-0.2, 0) is 13.8 Å². The minimum atomic E-state index is -3.60. The van der Waals surface area contributed by atoms with Gasteiger partial charge in [-0.05, 0) is 13.1 Å². The molecule has 0 atom stereocenters. The second kappa shape index (κ2) is 8.22. The molecule has 124 valence electrons. The van der Waals surface area contributed by atoms with Crippen LogP contribution in [0.3, 0.4) is 0 Å². The van der Waals surface area contributed by atoms with E-state index < -0.39 is 6.95 Å². The van der Waals surface area contributed by atoms with Gasteiger partial charge >= 0.3 is 6.95 Å². The van der Waals surface area contributed by atoms with E-state index in [-0.39, 0.29) is 0 Å². The lowest BCUT2D eigenvalue weighted by Crippen LogP contribution is -2.47. The maximum absolute atomic E-state index is 12.3. The first-order valence-corrected chi connectivity index (χ1v) is 10.1. The highest BCUT2D eigenvalue weighted by molar-refractivity contribution is 7.81. The van der Waals surface area contributed by atoms with Gasteiger partial charge in [-0.25, -0.2) is 13.8 Å². The fraction of sp³-hybridized carbons (Fsp3) is 1.00. The second-order valence-corrected chi connectivity index (χ2v) is 7.75. The molecular formula is C12H26ClN4O3P. The first-order valence-electron chi connectivity index (χ1n) is 7.66. The number of hydroxylamine groups is 4. The van der Waals surface area contributed by atoms with Gasteiger partial charge in [0.2, 0.25) is 0 Å². The molecule has 2 aliphatic heterocycles. The Labute approximate surface area is 131 Å². The Kier molecular flexibility index (Phi) is 6.90. The summed E-state index contributed by atoms with van der Waals surface area (Å²) >= 11 is 5.94. The van der Waals surface area contributed by atoms with Crippen LogP contribution in [0, 0.1) is 0 Å². The van der Waals surface area contributed by atoms with Gasteiger partial charge in [0.15, 0.2) is 0 Å². The maximum Gasteiger partial charge on any atom is 0.457 e. The number of nitrogens with zero attached hydrogens (tertiary/aromatic N) is 4. The molecule has 0 spiro atoms. The zero-order valence-corrected chi connectivity index (χ0v) is 14.6. The van der Waals surface area contributed by atoms with Crippen LogP contribution in [0.4, 0.5) is 0 Å². The third-order valence-electron chi connectivity index (χ3n) is 3.98. The van der Waals surface area contributed by atoms with E-state index in [2.05, 4.69) is 23.6 Å². The summed E-state index contributed by atoms with van der Waals surface area (Å²) < 4.78 is 23.0. The molecule has 2 heterocycles. The summed E-state index contributed by atoms with van der Waals surface area (Å²) in [6, 6.07) is 0. The van der Waals surface area contributed by atoms with Crippen LogP contribution in [0.5, 0.6) is 0 Å². The predicted octanol–water partition coefficient (Wildman–Crippen LogP) is 1.47. The van der Waals surface area contributed by atoms with Gasteiger partial charge in [0, 0.05) is 63.6 Å². The Bertz CT molecular complexity index is 330. The first-order chi connectivity index (χ1) is 10.0. The summed E-state index contributed by atoms with van der Waals surface area (Å²) in [4.78, 5) is 4.62. The van der Waals surface area contributed by atoms with Gasteiger partial charge in [-0.3, -0.25) is 0 Å². The monoisotopic (exact) mass is 340 g/mol. The van der Waals surface area contributed by atoms with Gasteiger partial charge in [-0.15, -0.1) is 0 Å². The topological polar surface area (TPSA) is 48.5 Å². The molecule has 0 radical (unpaired) electrons. The van der Waals surface area contributed by atoms with Crippen molar-refractivity contribution in [3.63, 3.8) is 0 Å². The summed E-state index contributed by atoms with van der Waals surface area (Å²) in [5.74, 6) is 0. The Morgan fingerprint density at radius 1 is 0.810 bits per heavy atom. The molecule has 21 heavy (non-hydrogen) atoms. The molecule has 7 nitrogen and oxygen atoms in total. The minimum absolute atomic E-state index is 0.692. The highest BCUT2D eigenvalue weighted by Gasteiger charge is 2.32. The van der Waals surface area contributed by atoms with E-state index in [1.165, 1.54) is 0 Å². The highest BCUT2D eigenvalue weighted by atomic mass is 35.7. The van der Waals surface area contributed by atoms with Crippen LogP contribution in [0.25, 0.3) is 0 Å². The zero-order chi connectivity index (χ0) is 15.3. The molecule has 0 unspecified atom stereocenters. The fourth-order valence-electron chi connectivity index (χ4n) is 2.55. The van der Waals surface area contributed by atoms with E-state index in [1.807, 2.05) is 0 Å². The van der Waals surface area contributed by atoms with Crippen molar-refractivity contribution < 1.29 is 13.8 Å². The maximum atomic E-state index is 12.3. The Balaban J connectivity index is 1.73. The summed E-state index contributed by atoms with van der Waals surface area (Å²) in [6.45, 7) is 9.03. The highest BCUT2D eigenvalue weighted by Crippen LogP contribution is 2.55. The van der Waals surface area contributed by atoms with E-state index >= 15 is 0 Å². The standard InChI is InChI=1S/C12H26ClN4O3P/c1-3-14-5-9-16(10-6-14)19-21(13,18)20-17-11-7-15(4-2)8-12-17/h3-12H2,1-2H3. The van der Waals surface area contributed by atoms with Crippen LogP contribution in [-0.4, -0.2) is 85.4 Å². The van der Waals surface area contributed by atoms with Gasteiger partial charge < -0.3 is 9.80 Å². The van der Waals surface area contributed by atoms with Gasteiger partial charge in [-0.2, -0.15) is 10.1 Å². The van der Waals surface area contributed by atoms with Crippen molar-refractivity contribution >= 4 is 18.2 Å². The van der Waals surface area contributed by atoms with Gasteiger partial charge in [0.1, 0.15) is 0 Å². The number of likely N-dealkylation sites (N-methyl/N-ethyl adjacent to an activating group) is 2. The summed E-state index contributed by atoms with van der Waals surface area (Å²) in [7, 11) is 0. The van der Waals surface area contributed by atoms with Crippen LogP contribution in [0.2, 0.25) is 0 Å². The molecule has 0 amide bonds. The molecule has 0 aliphatic carbocycles. The number of hydrogen-bond donors (Lipinski definition) is 0. The summed E-state index contributed by atoms with van der Waals surface area (Å²) in [5.41, 5.74) is 0. The van der Waals surface area contributed by atoms with Crippen molar-refractivity contribution in [3.05, 3.63) is 0 Å². The lowest BCUT2D eigenvalue weighted by atomic mass is 10.4. The molecular weight excluding hydrogens is 315 g/mol. The number of rotatable bonds is 6. The molecule has 9 heteroatoms. The van der Waals surface area contributed by atoms with E-state index in [0.29, 0.717) is 26.2 Å². The number of hydrogen-bond acceptors (Lipinski definition) is 7. The average Bonchev–Trinajstić information content (AvgIpc) is 2.48. The largest absolute Gasteiger partial charge is 0.457 e. The normalized spacial score (nSPS) is 24.5. The van der Waals surface area contributed by atoms with Crippen molar-refractivity contribution in [2.24, 2.45) is 0 Å². The lowest BCUT2D eigenvalue weighted by molar-refractivity contribution is -0.139. The number of piperazine rings is 2. The van der Waals surface area contributed by atoms with E-state index in [1.54, 1.807) is 10.1 Å². The third kappa shape index (κ3) is 5.77. The fourth-order valence-corrected chi connectivity index (χ4v) is 3.98. The second-order valence-electron chi connectivity index (χ2n) is 5.32. The van der Waals surface area contributed by atoms with Crippen LogP contribution in [0.15, 0.2) is 0 Å². The smallest absolute Gasteiger partial charge is 0.301 e. The molecule has 0 aromatic carbocycles. The lowest BCUT2D eigenvalue weighted by Gasteiger charge is -2.36. The predicted molar refractivity (Wildman–Crippen MR) is 83.0 cm³/mol. The SMILES string of the molecule is CCN1CCN(OP(=O)(Cl)ON2CCN(CC)CC2)CC1. The van der Waals surface area contributed by atoms with E-state index in [9.17, 15) is 4.57 Å². The molecule has 0 saturated carbocycles. The van der Waals surface area contributed by atoms with Gasteiger partial charge in [-0.1, -0.05) is 13.8 Å². The van der Waals surface area contributed by atoms with Crippen molar-refractivity contribution in [1.82, 2.24) is 19.9 Å². The molecule has 2 fully saturated rings. The molecule has 2 saturated heterocycles. The summed E-state index contributed by atoms with van der Waals surface area (Å²) in [6.07, 6.45) is 0. The summed E-state index contributed by atoms with van der Waals surface area (Å²) in [5, 5.41) is 3.31. The van der Waals surface area contributed by atoms with Crippen molar-refractivity contribution in [2.45, 2.75) is 13.8 Å². The van der Waals surface area contributed by atoms with Crippen molar-refractivity contribution in [2.75, 3.05) is 65.4 Å². The Morgan fingerprint density at radius 2 is 1.14 bits per heavy atom. The van der Waals surface area contributed by atoms with Gasteiger partial charge in [0.05, 0.1) is 0 Å².